The largest absolute Gasteiger partial charge is 0.340 e. The van der Waals surface area contributed by atoms with Crippen molar-refractivity contribution in [2.24, 2.45) is 0 Å². The predicted octanol–water partition coefficient (Wildman–Crippen LogP) is 3.69. The van der Waals surface area contributed by atoms with E-state index in [-0.39, 0.29) is 0 Å². The van der Waals surface area contributed by atoms with Gasteiger partial charge in [0, 0.05) is 28.7 Å². The topological polar surface area (TPSA) is 29.9 Å². The molecule has 4 heteroatoms. The van der Waals surface area contributed by atoms with E-state index in [1.165, 1.54) is 22.9 Å². The summed E-state index contributed by atoms with van der Waals surface area (Å²) in [7, 11) is 0. The van der Waals surface area contributed by atoms with E-state index in [1.54, 1.807) is 11.3 Å². The van der Waals surface area contributed by atoms with Crippen LogP contribution in [-0.2, 0) is 13.0 Å². The molecule has 0 spiro atoms. The average Bonchev–Trinajstić information content (AvgIpc) is 3.13. The quantitative estimate of drug-likeness (QED) is 0.674. The summed E-state index contributed by atoms with van der Waals surface area (Å²) >= 11 is 1.72. The highest BCUT2D eigenvalue weighted by molar-refractivity contribution is 7.09. The van der Waals surface area contributed by atoms with E-state index in [1.807, 2.05) is 11.6 Å². The number of nitrogens with zero attached hydrogens (tertiary/aromatic N) is 2. The van der Waals surface area contributed by atoms with Crippen LogP contribution in [0.25, 0.3) is 10.9 Å². The maximum atomic E-state index is 4.40. The Hall–Kier alpha value is -1.65. The lowest BCUT2D eigenvalue weighted by atomic mass is 10.1. The van der Waals surface area contributed by atoms with Crippen LogP contribution in [0.2, 0.25) is 0 Å². The Morgan fingerprint density at radius 1 is 1.29 bits per heavy atom. The molecule has 0 bridgehead atoms. The third kappa shape index (κ3) is 3.34. The molecule has 2 aromatic heterocycles. The Morgan fingerprint density at radius 2 is 2.19 bits per heavy atom. The standard InChI is InChI=1S/C17H21N3S/c1-2-18-9-5-6-14-12-20(13-17-19-10-11-21-17)16-8-4-3-7-15(14)16/h3-4,7-8,10-12,18H,2,5-6,9,13H2,1H3. The zero-order valence-corrected chi connectivity index (χ0v) is 13.2. The number of rotatable bonds is 7. The minimum atomic E-state index is 0.866. The summed E-state index contributed by atoms with van der Waals surface area (Å²) < 4.78 is 2.33. The number of nitrogens with one attached hydrogen (secondary N) is 1. The fourth-order valence-electron chi connectivity index (χ4n) is 2.71. The van der Waals surface area contributed by atoms with Crippen molar-refractivity contribution >= 4 is 22.2 Å². The van der Waals surface area contributed by atoms with Gasteiger partial charge < -0.3 is 9.88 Å². The Bertz CT molecular complexity index is 685. The molecule has 0 aliphatic heterocycles. The molecule has 0 saturated heterocycles. The third-order valence-corrected chi connectivity index (χ3v) is 4.47. The van der Waals surface area contributed by atoms with Gasteiger partial charge in [-0.2, -0.15) is 0 Å². The molecule has 2 heterocycles. The predicted molar refractivity (Wildman–Crippen MR) is 90.0 cm³/mol. The number of para-hydroxylation sites is 1. The molecule has 0 unspecified atom stereocenters. The Morgan fingerprint density at radius 3 is 3.00 bits per heavy atom. The third-order valence-electron chi connectivity index (χ3n) is 3.71. The van der Waals surface area contributed by atoms with E-state index in [0.717, 1.165) is 31.1 Å². The number of aromatic nitrogens is 2. The fourth-order valence-corrected chi connectivity index (χ4v) is 3.32. The van der Waals surface area contributed by atoms with Crippen molar-refractivity contribution in [2.45, 2.75) is 26.3 Å². The molecule has 110 valence electrons. The summed E-state index contributed by atoms with van der Waals surface area (Å²) in [5, 5.41) is 7.98. The number of hydrogen-bond acceptors (Lipinski definition) is 3. The molecule has 0 radical (unpaired) electrons. The average molecular weight is 299 g/mol. The SMILES string of the molecule is CCNCCCc1cn(Cc2nccs2)c2ccccc12. The minimum Gasteiger partial charge on any atom is -0.340 e. The van der Waals surface area contributed by atoms with Gasteiger partial charge in [-0.15, -0.1) is 11.3 Å². The van der Waals surface area contributed by atoms with Gasteiger partial charge in [0.2, 0.25) is 0 Å². The molecule has 1 aromatic carbocycles. The maximum absolute atomic E-state index is 4.40. The number of hydrogen-bond donors (Lipinski definition) is 1. The normalized spacial score (nSPS) is 11.3. The first-order valence-corrected chi connectivity index (χ1v) is 8.42. The molecular formula is C17H21N3S. The van der Waals surface area contributed by atoms with Gasteiger partial charge >= 0.3 is 0 Å². The van der Waals surface area contributed by atoms with Crippen LogP contribution in [0.15, 0.2) is 42.0 Å². The van der Waals surface area contributed by atoms with E-state index in [4.69, 9.17) is 0 Å². The van der Waals surface area contributed by atoms with Gasteiger partial charge in [-0.3, -0.25) is 0 Å². The monoisotopic (exact) mass is 299 g/mol. The zero-order chi connectivity index (χ0) is 14.5. The Balaban J connectivity index is 1.83. The molecule has 3 aromatic rings. The number of thiazole rings is 1. The van der Waals surface area contributed by atoms with Crippen LogP contribution in [-0.4, -0.2) is 22.6 Å². The minimum absolute atomic E-state index is 0.866. The summed E-state index contributed by atoms with van der Waals surface area (Å²) in [4.78, 5) is 4.40. The van der Waals surface area contributed by atoms with Gasteiger partial charge in [-0.05, 0) is 37.6 Å². The van der Waals surface area contributed by atoms with E-state index < -0.39 is 0 Å². The molecule has 3 rings (SSSR count). The number of fused-ring (bicyclic) bond motifs is 1. The molecule has 3 nitrogen and oxygen atoms in total. The van der Waals surface area contributed by atoms with Crippen molar-refractivity contribution in [3.05, 3.63) is 52.6 Å². The Labute approximate surface area is 129 Å². The number of benzene rings is 1. The van der Waals surface area contributed by atoms with Gasteiger partial charge in [0.1, 0.15) is 5.01 Å². The highest BCUT2D eigenvalue weighted by Crippen LogP contribution is 2.23. The summed E-state index contributed by atoms with van der Waals surface area (Å²) in [5.41, 5.74) is 2.76. The first-order valence-electron chi connectivity index (χ1n) is 7.54. The highest BCUT2D eigenvalue weighted by Gasteiger charge is 2.09. The molecule has 0 atom stereocenters. The summed E-state index contributed by atoms with van der Waals surface area (Å²) in [6, 6.07) is 8.68. The summed E-state index contributed by atoms with van der Waals surface area (Å²) in [5.74, 6) is 0. The lowest BCUT2D eigenvalue weighted by Gasteiger charge is -2.01. The molecule has 0 aliphatic rings. The molecule has 0 aliphatic carbocycles. The van der Waals surface area contributed by atoms with E-state index in [2.05, 4.69) is 52.3 Å². The molecule has 1 N–H and O–H groups in total. The Kier molecular flexibility index (Phi) is 4.68. The fraction of sp³-hybridized carbons (Fsp3) is 0.353. The second kappa shape index (κ2) is 6.87. The van der Waals surface area contributed by atoms with Crippen LogP contribution >= 0.6 is 11.3 Å². The van der Waals surface area contributed by atoms with Gasteiger partial charge in [0.15, 0.2) is 0 Å². The second-order valence-electron chi connectivity index (χ2n) is 5.18. The molecule has 0 amide bonds. The van der Waals surface area contributed by atoms with Crippen molar-refractivity contribution in [1.82, 2.24) is 14.9 Å². The van der Waals surface area contributed by atoms with E-state index in [9.17, 15) is 0 Å². The van der Waals surface area contributed by atoms with Crippen molar-refractivity contribution in [2.75, 3.05) is 13.1 Å². The molecule has 0 fully saturated rings. The van der Waals surface area contributed by atoms with Crippen LogP contribution in [0.5, 0.6) is 0 Å². The van der Waals surface area contributed by atoms with Gasteiger partial charge in [-0.1, -0.05) is 25.1 Å². The first kappa shape index (κ1) is 14.3. The maximum Gasteiger partial charge on any atom is 0.112 e. The molecule has 21 heavy (non-hydrogen) atoms. The van der Waals surface area contributed by atoms with Crippen LogP contribution in [0.3, 0.4) is 0 Å². The summed E-state index contributed by atoms with van der Waals surface area (Å²) in [6.07, 6.45) is 6.48. The van der Waals surface area contributed by atoms with E-state index >= 15 is 0 Å². The van der Waals surface area contributed by atoms with Crippen LogP contribution < -0.4 is 5.32 Å². The highest BCUT2D eigenvalue weighted by atomic mass is 32.1. The van der Waals surface area contributed by atoms with Crippen molar-refractivity contribution in [1.29, 1.82) is 0 Å². The number of aryl methyl sites for hydroxylation is 1. The van der Waals surface area contributed by atoms with Gasteiger partial charge in [-0.25, -0.2) is 4.98 Å². The van der Waals surface area contributed by atoms with Crippen LogP contribution in [0.4, 0.5) is 0 Å². The summed E-state index contributed by atoms with van der Waals surface area (Å²) in [6.45, 7) is 5.15. The van der Waals surface area contributed by atoms with Crippen molar-refractivity contribution in [3.63, 3.8) is 0 Å². The second-order valence-corrected chi connectivity index (χ2v) is 6.16. The lowest BCUT2D eigenvalue weighted by Crippen LogP contribution is -2.14. The van der Waals surface area contributed by atoms with E-state index in [0.29, 0.717) is 0 Å². The van der Waals surface area contributed by atoms with Crippen LogP contribution in [0.1, 0.15) is 23.9 Å². The molecule has 0 saturated carbocycles. The first-order chi connectivity index (χ1) is 10.4. The zero-order valence-electron chi connectivity index (χ0n) is 12.4. The van der Waals surface area contributed by atoms with Crippen molar-refractivity contribution < 1.29 is 0 Å². The van der Waals surface area contributed by atoms with Gasteiger partial charge in [0.25, 0.3) is 0 Å². The van der Waals surface area contributed by atoms with Crippen molar-refractivity contribution in [3.8, 4) is 0 Å². The molecular weight excluding hydrogens is 278 g/mol. The van der Waals surface area contributed by atoms with Crippen LogP contribution in [0, 0.1) is 0 Å². The lowest BCUT2D eigenvalue weighted by molar-refractivity contribution is 0.672. The smallest absolute Gasteiger partial charge is 0.112 e. The van der Waals surface area contributed by atoms with Gasteiger partial charge in [0.05, 0.1) is 6.54 Å².